The highest BCUT2D eigenvalue weighted by molar-refractivity contribution is 6.08. The molecule has 21 heavy (non-hydrogen) atoms. The van der Waals surface area contributed by atoms with E-state index in [1.54, 1.807) is 0 Å². The van der Waals surface area contributed by atoms with Gasteiger partial charge < -0.3 is 9.84 Å². The van der Waals surface area contributed by atoms with E-state index in [1.165, 1.54) is 48.4 Å². The molecule has 4 aliphatic rings. The summed E-state index contributed by atoms with van der Waals surface area (Å²) < 4.78 is 5.70. The van der Waals surface area contributed by atoms with E-state index in [1.807, 2.05) is 0 Å². The molecule has 4 fully saturated rings. The van der Waals surface area contributed by atoms with Crippen molar-refractivity contribution in [1.82, 2.24) is 0 Å². The van der Waals surface area contributed by atoms with Crippen LogP contribution in [-0.2, 0) is 5.60 Å². The quantitative estimate of drug-likeness (QED) is 0.866. The third-order valence-corrected chi connectivity index (χ3v) is 6.58. The van der Waals surface area contributed by atoms with Gasteiger partial charge in [0.15, 0.2) is 0 Å². The summed E-state index contributed by atoms with van der Waals surface area (Å²) in [5, 5.41) is 11.5. The first-order valence-corrected chi connectivity index (χ1v) is 10.1. The average molecular weight is 302 g/mol. The van der Waals surface area contributed by atoms with Crippen LogP contribution in [0.3, 0.4) is 0 Å². The summed E-state index contributed by atoms with van der Waals surface area (Å²) >= 11 is 0. The Balaban J connectivity index is 1.60. The minimum atomic E-state index is -0.566. The molecule has 0 amide bonds. The van der Waals surface area contributed by atoms with Crippen LogP contribution < -0.4 is 4.74 Å². The first-order chi connectivity index (χ1) is 10.2. The molecule has 3 heteroatoms. The summed E-state index contributed by atoms with van der Waals surface area (Å²) in [6.07, 6.45) is 6.38. The summed E-state index contributed by atoms with van der Waals surface area (Å²) in [4.78, 5) is 0. The van der Waals surface area contributed by atoms with Crippen molar-refractivity contribution in [1.29, 1.82) is 0 Å². The Hall–Kier alpha value is -0.803. The summed E-state index contributed by atoms with van der Waals surface area (Å²) in [7, 11) is 1.19. The third-order valence-electron chi connectivity index (χ3n) is 6.17. The lowest BCUT2D eigenvalue weighted by molar-refractivity contribution is -0.179. The normalized spacial score (nSPS) is 40.6. The van der Waals surface area contributed by atoms with Crippen LogP contribution in [0.25, 0.3) is 0 Å². The molecular formula is C18H26O2Si. The lowest BCUT2D eigenvalue weighted by atomic mass is 9.48. The molecule has 4 bridgehead atoms. The fourth-order valence-corrected chi connectivity index (χ4v) is 5.62. The van der Waals surface area contributed by atoms with E-state index >= 15 is 0 Å². The highest BCUT2D eigenvalue weighted by Crippen LogP contribution is 2.61. The molecule has 0 spiro atoms. The maximum absolute atomic E-state index is 11.5. The van der Waals surface area contributed by atoms with E-state index in [4.69, 9.17) is 4.74 Å². The molecule has 4 aliphatic carbocycles. The fourth-order valence-electron chi connectivity index (χ4n) is 5.41. The highest BCUT2D eigenvalue weighted by atomic mass is 28.1. The second kappa shape index (κ2) is 5.13. The lowest BCUT2D eigenvalue weighted by Crippen LogP contribution is -2.55. The molecular weight excluding hydrogens is 276 g/mol. The Kier molecular flexibility index (Phi) is 3.38. The van der Waals surface area contributed by atoms with Gasteiger partial charge in [-0.15, -0.1) is 0 Å². The van der Waals surface area contributed by atoms with E-state index in [9.17, 15) is 5.11 Å². The number of aliphatic hydroxyl groups is 1. The molecule has 0 heterocycles. The second-order valence-electron chi connectivity index (χ2n) is 7.50. The minimum absolute atomic E-state index is 0.488. The van der Waals surface area contributed by atoms with Crippen molar-refractivity contribution in [2.24, 2.45) is 23.7 Å². The summed E-state index contributed by atoms with van der Waals surface area (Å²) in [5.41, 5.74) is 0.568. The molecule has 0 aliphatic heterocycles. The standard InChI is InChI=1S/C18H26O2Si/c19-18(14-1-3-17(4-2-14)20-5-6-21)15-8-12-7-13(10-15)11-16(18)9-12/h1-4,12-13,15-16,19H,5-11H2,21H3. The van der Waals surface area contributed by atoms with Crippen LogP contribution in [0.5, 0.6) is 5.75 Å². The van der Waals surface area contributed by atoms with Crippen LogP contribution >= 0.6 is 0 Å². The van der Waals surface area contributed by atoms with Crippen LogP contribution in [0.4, 0.5) is 0 Å². The maximum atomic E-state index is 11.5. The Labute approximate surface area is 130 Å². The van der Waals surface area contributed by atoms with E-state index in [-0.39, 0.29) is 0 Å². The lowest BCUT2D eigenvalue weighted by Gasteiger charge is -2.59. The predicted octanol–water partition coefficient (Wildman–Crippen LogP) is 2.49. The van der Waals surface area contributed by atoms with Crippen molar-refractivity contribution >= 4 is 10.2 Å². The second-order valence-corrected chi connectivity index (χ2v) is 8.50. The summed E-state index contributed by atoms with van der Waals surface area (Å²) in [5.74, 6) is 3.71. The van der Waals surface area contributed by atoms with Crippen molar-refractivity contribution in [3.63, 3.8) is 0 Å². The third kappa shape index (κ3) is 2.17. The first-order valence-electron chi connectivity index (χ1n) is 8.65. The van der Waals surface area contributed by atoms with Crippen LogP contribution in [0.2, 0.25) is 6.04 Å². The van der Waals surface area contributed by atoms with Gasteiger partial charge in [0.2, 0.25) is 0 Å². The smallest absolute Gasteiger partial charge is 0.119 e. The molecule has 0 atom stereocenters. The van der Waals surface area contributed by atoms with Crippen molar-refractivity contribution in [3.05, 3.63) is 29.8 Å². The number of hydrogen-bond acceptors (Lipinski definition) is 2. The molecule has 1 aromatic rings. The predicted molar refractivity (Wildman–Crippen MR) is 87.6 cm³/mol. The van der Waals surface area contributed by atoms with Gasteiger partial charge in [0.25, 0.3) is 0 Å². The molecule has 0 unspecified atom stereocenters. The average Bonchev–Trinajstić information content (AvgIpc) is 2.50. The van der Waals surface area contributed by atoms with Crippen molar-refractivity contribution in [3.8, 4) is 5.75 Å². The number of benzene rings is 1. The van der Waals surface area contributed by atoms with Crippen molar-refractivity contribution in [2.75, 3.05) is 6.61 Å². The molecule has 114 valence electrons. The van der Waals surface area contributed by atoms with Gasteiger partial charge in [0.05, 0.1) is 12.2 Å². The molecule has 0 radical (unpaired) electrons. The van der Waals surface area contributed by atoms with Gasteiger partial charge in [-0.3, -0.25) is 0 Å². The maximum Gasteiger partial charge on any atom is 0.119 e. The number of ether oxygens (including phenoxy) is 1. The Morgan fingerprint density at radius 3 is 2.10 bits per heavy atom. The van der Waals surface area contributed by atoms with Crippen molar-refractivity contribution in [2.45, 2.75) is 43.7 Å². The fraction of sp³-hybridized carbons (Fsp3) is 0.667. The molecule has 0 aromatic heterocycles. The molecule has 4 saturated carbocycles. The summed E-state index contributed by atoms with van der Waals surface area (Å²) in [6.45, 7) is 0.824. The van der Waals surface area contributed by atoms with Gasteiger partial charge in [-0.25, -0.2) is 0 Å². The van der Waals surface area contributed by atoms with Crippen LogP contribution in [0.15, 0.2) is 24.3 Å². The molecule has 0 saturated heterocycles. The van der Waals surface area contributed by atoms with Gasteiger partial charge in [-0.2, -0.15) is 0 Å². The topological polar surface area (TPSA) is 29.5 Å². The van der Waals surface area contributed by atoms with Gasteiger partial charge in [0.1, 0.15) is 5.75 Å². The van der Waals surface area contributed by atoms with E-state index in [2.05, 4.69) is 24.3 Å². The zero-order valence-electron chi connectivity index (χ0n) is 12.9. The first kappa shape index (κ1) is 13.8. The van der Waals surface area contributed by atoms with Gasteiger partial charge in [-0.1, -0.05) is 12.1 Å². The van der Waals surface area contributed by atoms with Gasteiger partial charge in [0, 0.05) is 10.2 Å². The van der Waals surface area contributed by atoms with Crippen LogP contribution in [0, 0.1) is 23.7 Å². The monoisotopic (exact) mass is 302 g/mol. The SMILES string of the molecule is OC1(c2ccc(OCC[SiH3])cc2)C2CC3CC(C2)CC1C3. The molecule has 1 N–H and O–H groups in total. The zero-order valence-corrected chi connectivity index (χ0v) is 14.9. The Morgan fingerprint density at radius 1 is 1.00 bits per heavy atom. The Bertz CT molecular complexity index is 482. The molecule has 5 rings (SSSR count). The summed E-state index contributed by atoms with van der Waals surface area (Å²) in [6, 6.07) is 9.50. The Morgan fingerprint density at radius 2 is 1.57 bits per heavy atom. The van der Waals surface area contributed by atoms with E-state index in [0.29, 0.717) is 11.8 Å². The van der Waals surface area contributed by atoms with Crippen LogP contribution in [-0.4, -0.2) is 22.0 Å². The van der Waals surface area contributed by atoms with E-state index in [0.717, 1.165) is 29.8 Å². The largest absolute Gasteiger partial charge is 0.494 e. The highest BCUT2D eigenvalue weighted by Gasteiger charge is 2.57. The molecule has 1 aromatic carbocycles. The van der Waals surface area contributed by atoms with Gasteiger partial charge >= 0.3 is 0 Å². The number of rotatable bonds is 4. The van der Waals surface area contributed by atoms with Crippen LogP contribution in [0.1, 0.15) is 37.7 Å². The molecule has 2 nitrogen and oxygen atoms in total. The zero-order chi connectivity index (χ0) is 14.4. The van der Waals surface area contributed by atoms with Gasteiger partial charge in [-0.05, 0) is 79.5 Å². The number of hydrogen-bond donors (Lipinski definition) is 1. The van der Waals surface area contributed by atoms with E-state index < -0.39 is 5.60 Å². The minimum Gasteiger partial charge on any atom is -0.494 e. The van der Waals surface area contributed by atoms with Crippen molar-refractivity contribution < 1.29 is 9.84 Å².